The highest BCUT2D eigenvalue weighted by atomic mass is 28.4. The van der Waals surface area contributed by atoms with Gasteiger partial charge in [-0.3, -0.25) is 0 Å². The summed E-state index contributed by atoms with van der Waals surface area (Å²) in [5.41, 5.74) is 1.96. The molecule has 0 atom stereocenters. The smallest absolute Gasteiger partial charge is 0.184 e. The van der Waals surface area contributed by atoms with E-state index in [0.29, 0.717) is 0 Å². The van der Waals surface area contributed by atoms with Crippen LogP contribution in [-0.2, 0) is 4.43 Å². The monoisotopic (exact) mass is 306 g/mol. The van der Waals surface area contributed by atoms with Gasteiger partial charge < -0.3 is 13.9 Å². The van der Waals surface area contributed by atoms with Crippen molar-refractivity contribution < 1.29 is 13.9 Å². The van der Waals surface area contributed by atoms with Gasteiger partial charge in [-0.05, 0) is 62.2 Å². The summed E-state index contributed by atoms with van der Waals surface area (Å²) >= 11 is 0. The van der Waals surface area contributed by atoms with Gasteiger partial charge in [-0.1, -0.05) is 12.6 Å². The van der Waals surface area contributed by atoms with E-state index in [9.17, 15) is 0 Å². The third kappa shape index (κ3) is 3.32. The van der Waals surface area contributed by atoms with Crippen molar-refractivity contribution in [2.24, 2.45) is 0 Å². The SMILES string of the molecule is C=C(c1ccc(OC)c(OC)c1)C1(O[Si](C)(C)C)CCC1. The minimum Gasteiger partial charge on any atom is -0.493 e. The van der Waals surface area contributed by atoms with Gasteiger partial charge in [0.05, 0.1) is 19.8 Å². The molecule has 1 aliphatic carbocycles. The Morgan fingerprint density at radius 3 is 2.14 bits per heavy atom. The molecule has 0 radical (unpaired) electrons. The molecule has 2 rings (SSSR count). The lowest BCUT2D eigenvalue weighted by Gasteiger charge is -2.47. The van der Waals surface area contributed by atoms with E-state index in [2.05, 4.69) is 26.2 Å². The van der Waals surface area contributed by atoms with Gasteiger partial charge in [0.2, 0.25) is 0 Å². The average molecular weight is 306 g/mol. The third-order valence-electron chi connectivity index (χ3n) is 3.94. The van der Waals surface area contributed by atoms with Crippen molar-refractivity contribution in [1.29, 1.82) is 0 Å². The summed E-state index contributed by atoms with van der Waals surface area (Å²) in [7, 11) is 1.69. The quantitative estimate of drug-likeness (QED) is 0.725. The Kier molecular flexibility index (Phi) is 4.49. The molecule has 0 aliphatic heterocycles. The molecule has 0 N–H and O–H groups in total. The van der Waals surface area contributed by atoms with Crippen molar-refractivity contribution in [1.82, 2.24) is 0 Å². The molecule has 21 heavy (non-hydrogen) atoms. The second-order valence-corrected chi connectivity index (χ2v) is 11.0. The lowest BCUT2D eigenvalue weighted by Crippen LogP contribution is -2.48. The predicted octanol–water partition coefficient (Wildman–Crippen LogP) is 4.49. The minimum atomic E-state index is -1.61. The second kappa shape index (κ2) is 5.85. The van der Waals surface area contributed by atoms with Gasteiger partial charge in [0.25, 0.3) is 0 Å². The van der Waals surface area contributed by atoms with Crippen molar-refractivity contribution in [3.05, 3.63) is 30.3 Å². The summed E-state index contributed by atoms with van der Waals surface area (Å²) in [6, 6.07) is 5.96. The maximum atomic E-state index is 6.47. The van der Waals surface area contributed by atoms with Crippen molar-refractivity contribution >= 4 is 13.9 Å². The van der Waals surface area contributed by atoms with E-state index in [0.717, 1.165) is 35.5 Å². The molecule has 0 spiro atoms. The average Bonchev–Trinajstić information content (AvgIpc) is 2.40. The van der Waals surface area contributed by atoms with Crippen LogP contribution in [0, 0.1) is 0 Å². The number of rotatable bonds is 6. The zero-order chi connectivity index (χ0) is 15.7. The highest BCUT2D eigenvalue weighted by Gasteiger charge is 2.44. The van der Waals surface area contributed by atoms with Crippen LogP contribution in [0.3, 0.4) is 0 Å². The molecular weight excluding hydrogens is 280 g/mol. The summed E-state index contributed by atoms with van der Waals surface area (Å²) in [5.74, 6) is 1.47. The number of ether oxygens (including phenoxy) is 2. The Bertz CT molecular complexity index is 527. The minimum absolute atomic E-state index is 0.177. The van der Waals surface area contributed by atoms with Gasteiger partial charge in [0.1, 0.15) is 0 Å². The zero-order valence-electron chi connectivity index (χ0n) is 13.8. The first-order chi connectivity index (χ1) is 9.81. The van der Waals surface area contributed by atoms with E-state index in [1.807, 2.05) is 18.2 Å². The van der Waals surface area contributed by atoms with E-state index in [-0.39, 0.29) is 5.60 Å². The summed E-state index contributed by atoms with van der Waals surface area (Å²) < 4.78 is 17.2. The van der Waals surface area contributed by atoms with Crippen LogP contribution < -0.4 is 9.47 Å². The molecule has 1 aliphatic rings. The van der Waals surface area contributed by atoms with Gasteiger partial charge in [0.15, 0.2) is 19.8 Å². The lowest BCUT2D eigenvalue weighted by molar-refractivity contribution is 0.0432. The topological polar surface area (TPSA) is 27.7 Å². The van der Waals surface area contributed by atoms with Gasteiger partial charge >= 0.3 is 0 Å². The molecule has 0 heterocycles. The Morgan fingerprint density at radius 1 is 1.10 bits per heavy atom. The van der Waals surface area contributed by atoms with Gasteiger partial charge in [-0.2, -0.15) is 0 Å². The van der Waals surface area contributed by atoms with Crippen LogP contribution in [-0.4, -0.2) is 28.1 Å². The van der Waals surface area contributed by atoms with E-state index in [4.69, 9.17) is 13.9 Å². The van der Waals surface area contributed by atoms with Crippen LogP contribution in [0.5, 0.6) is 11.5 Å². The highest BCUT2D eigenvalue weighted by Crippen LogP contribution is 2.47. The molecule has 116 valence electrons. The van der Waals surface area contributed by atoms with Crippen LogP contribution in [0.25, 0.3) is 5.57 Å². The third-order valence-corrected chi connectivity index (χ3v) is 4.95. The van der Waals surface area contributed by atoms with Crippen molar-refractivity contribution in [2.75, 3.05) is 14.2 Å². The zero-order valence-corrected chi connectivity index (χ0v) is 14.8. The summed E-state index contributed by atoms with van der Waals surface area (Å²) in [4.78, 5) is 0. The van der Waals surface area contributed by atoms with E-state index in [1.165, 1.54) is 6.42 Å². The van der Waals surface area contributed by atoms with Crippen molar-refractivity contribution in [2.45, 2.75) is 44.5 Å². The molecule has 0 amide bonds. The van der Waals surface area contributed by atoms with Crippen molar-refractivity contribution in [3.63, 3.8) is 0 Å². The molecule has 0 saturated heterocycles. The first-order valence-electron chi connectivity index (χ1n) is 7.43. The van der Waals surface area contributed by atoms with Crippen LogP contribution in [0.1, 0.15) is 24.8 Å². The molecule has 1 aromatic rings. The molecule has 0 bridgehead atoms. The van der Waals surface area contributed by atoms with Gasteiger partial charge in [-0.15, -0.1) is 0 Å². The van der Waals surface area contributed by atoms with Crippen LogP contribution >= 0.6 is 0 Å². The van der Waals surface area contributed by atoms with E-state index < -0.39 is 8.32 Å². The van der Waals surface area contributed by atoms with Crippen LogP contribution in [0.4, 0.5) is 0 Å². The molecule has 4 heteroatoms. The second-order valence-electron chi connectivity index (χ2n) is 6.61. The first-order valence-corrected chi connectivity index (χ1v) is 10.8. The first kappa shape index (κ1) is 16.1. The fourth-order valence-corrected chi connectivity index (χ4v) is 4.34. The number of hydrogen-bond donors (Lipinski definition) is 0. The molecular formula is C17H26O3Si. The molecule has 0 unspecified atom stereocenters. The summed E-state index contributed by atoms with van der Waals surface area (Å²) in [5, 5.41) is 0. The van der Waals surface area contributed by atoms with E-state index in [1.54, 1.807) is 14.2 Å². The van der Waals surface area contributed by atoms with Crippen LogP contribution in [0.2, 0.25) is 19.6 Å². The van der Waals surface area contributed by atoms with E-state index >= 15 is 0 Å². The van der Waals surface area contributed by atoms with Crippen LogP contribution in [0.15, 0.2) is 24.8 Å². The maximum absolute atomic E-state index is 6.47. The van der Waals surface area contributed by atoms with Gasteiger partial charge in [-0.25, -0.2) is 0 Å². The molecule has 1 saturated carbocycles. The van der Waals surface area contributed by atoms with Crippen molar-refractivity contribution in [3.8, 4) is 11.5 Å². The highest BCUT2D eigenvalue weighted by molar-refractivity contribution is 6.69. The fourth-order valence-electron chi connectivity index (χ4n) is 2.84. The Balaban J connectivity index is 2.30. The molecule has 3 nitrogen and oxygen atoms in total. The standard InChI is InChI=1S/C17H26O3Si/c1-13(17(10-7-11-17)20-21(4,5)6)14-8-9-15(18-2)16(12-14)19-3/h8-9,12H,1,7,10-11H2,2-6H3. The lowest BCUT2D eigenvalue weighted by atomic mass is 9.73. The molecule has 1 fully saturated rings. The molecule has 1 aromatic carbocycles. The fraction of sp³-hybridized carbons (Fsp3) is 0.529. The predicted molar refractivity (Wildman–Crippen MR) is 89.6 cm³/mol. The Labute approximate surface area is 129 Å². The molecule has 0 aromatic heterocycles. The maximum Gasteiger partial charge on any atom is 0.184 e. The largest absolute Gasteiger partial charge is 0.493 e. The summed E-state index contributed by atoms with van der Waals surface area (Å²) in [6.07, 6.45) is 3.33. The Hall–Kier alpha value is -1.26. The number of benzene rings is 1. The Morgan fingerprint density at radius 2 is 1.71 bits per heavy atom. The number of methoxy groups -OCH3 is 2. The normalized spacial score (nSPS) is 17.0. The number of hydrogen-bond acceptors (Lipinski definition) is 3. The summed E-state index contributed by atoms with van der Waals surface area (Å²) in [6.45, 7) is 11.0. The van der Waals surface area contributed by atoms with Gasteiger partial charge in [0, 0.05) is 0 Å².